The summed E-state index contributed by atoms with van der Waals surface area (Å²) in [6.45, 7) is 4.49. The van der Waals surface area contributed by atoms with Gasteiger partial charge in [-0.2, -0.15) is 13.2 Å². The van der Waals surface area contributed by atoms with Crippen LogP contribution in [0.15, 0.2) is 12.4 Å². The molecule has 1 N–H and O–H groups in total. The number of likely N-dealkylation sites (N-methyl/N-ethyl adjacent to an activating group) is 1. The van der Waals surface area contributed by atoms with E-state index in [4.69, 9.17) is 14.6 Å². The first kappa shape index (κ1) is 22.7. The Hall–Kier alpha value is -2.63. The minimum Gasteiger partial charge on any atom is -0.481 e. The molecule has 3 heterocycles. The van der Waals surface area contributed by atoms with E-state index in [9.17, 15) is 18.0 Å². The number of carbonyl (C=O) groups excluding carboxylic acids is 1. The number of carbonyl (C=O) groups is 2. The van der Waals surface area contributed by atoms with E-state index < -0.39 is 12.1 Å². The third kappa shape index (κ3) is 5.92. The monoisotopic (exact) mass is 419 g/mol. The van der Waals surface area contributed by atoms with Crippen LogP contribution in [0.1, 0.15) is 6.42 Å². The van der Waals surface area contributed by atoms with Crippen LogP contribution in [0.2, 0.25) is 0 Å². The fourth-order valence-electron chi connectivity index (χ4n) is 3.29. The number of nitrogens with zero attached hydrogens (tertiary/aromatic N) is 5. The highest BCUT2D eigenvalue weighted by molar-refractivity contribution is 5.77. The number of halogens is 3. The van der Waals surface area contributed by atoms with Crippen molar-refractivity contribution in [3.63, 3.8) is 0 Å². The highest BCUT2D eigenvalue weighted by Gasteiger charge is 2.48. The molecule has 9 nitrogen and oxygen atoms in total. The number of ether oxygens (including phenoxy) is 1. The van der Waals surface area contributed by atoms with E-state index in [0.717, 1.165) is 38.4 Å². The van der Waals surface area contributed by atoms with Crippen LogP contribution in [0, 0.1) is 5.41 Å². The van der Waals surface area contributed by atoms with Crippen LogP contribution in [-0.2, 0) is 9.59 Å². The van der Waals surface area contributed by atoms with Gasteiger partial charge in [0.2, 0.25) is 11.8 Å². The summed E-state index contributed by atoms with van der Waals surface area (Å²) in [5.41, 5.74) is 0.310. The molecule has 1 aromatic rings. The fraction of sp³-hybridized carbons (Fsp3) is 0.647. The number of carboxylic acid groups (broad SMARTS) is 1. The average Bonchev–Trinajstić information content (AvgIpc) is 3.04. The molecule has 0 saturated carbocycles. The summed E-state index contributed by atoms with van der Waals surface area (Å²) < 4.78 is 36.9. The number of amides is 1. The van der Waals surface area contributed by atoms with Crippen molar-refractivity contribution in [2.45, 2.75) is 12.6 Å². The minimum absolute atomic E-state index is 0.175. The maximum absolute atomic E-state index is 11.8. The SMILES string of the molecule is COc1cc(N2CC3(CCN(CC(=O)N(C)C)C3)C2)ncn1.O=C(O)C(F)(F)F. The summed E-state index contributed by atoms with van der Waals surface area (Å²) >= 11 is 0. The van der Waals surface area contributed by atoms with Gasteiger partial charge in [-0.15, -0.1) is 0 Å². The van der Waals surface area contributed by atoms with Gasteiger partial charge >= 0.3 is 12.1 Å². The molecule has 2 aliphatic heterocycles. The smallest absolute Gasteiger partial charge is 0.481 e. The number of hydrogen-bond acceptors (Lipinski definition) is 7. The average molecular weight is 419 g/mol. The van der Waals surface area contributed by atoms with Gasteiger partial charge in [0.25, 0.3) is 0 Å². The minimum atomic E-state index is -5.08. The van der Waals surface area contributed by atoms with Gasteiger partial charge in [0, 0.05) is 45.2 Å². The second-order valence-electron chi connectivity index (χ2n) is 7.33. The number of hydrogen-bond donors (Lipinski definition) is 1. The third-order valence-corrected chi connectivity index (χ3v) is 4.83. The zero-order valence-electron chi connectivity index (χ0n) is 16.4. The second-order valence-corrected chi connectivity index (χ2v) is 7.33. The summed E-state index contributed by atoms with van der Waals surface area (Å²) in [7, 11) is 5.23. The van der Waals surface area contributed by atoms with E-state index in [0.29, 0.717) is 17.8 Å². The summed E-state index contributed by atoms with van der Waals surface area (Å²) in [6.07, 6.45) is -2.40. The molecule has 0 atom stereocenters. The van der Waals surface area contributed by atoms with E-state index in [2.05, 4.69) is 19.8 Å². The lowest BCUT2D eigenvalue weighted by Crippen LogP contribution is -2.58. The first-order chi connectivity index (χ1) is 13.5. The Kier molecular flexibility index (Phi) is 6.88. The van der Waals surface area contributed by atoms with Crippen LogP contribution in [-0.4, -0.2) is 96.9 Å². The van der Waals surface area contributed by atoms with Crippen molar-refractivity contribution < 1.29 is 32.6 Å². The van der Waals surface area contributed by atoms with Gasteiger partial charge in [0.1, 0.15) is 12.1 Å². The highest BCUT2D eigenvalue weighted by Crippen LogP contribution is 2.41. The molecule has 0 aliphatic carbocycles. The molecule has 3 rings (SSSR count). The van der Waals surface area contributed by atoms with Crippen LogP contribution < -0.4 is 9.64 Å². The molecule has 1 amide bonds. The third-order valence-electron chi connectivity index (χ3n) is 4.83. The zero-order chi connectivity index (χ0) is 21.8. The molecule has 0 bridgehead atoms. The lowest BCUT2D eigenvalue weighted by atomic mass is 9.79. The van der Waals surface area contributed by atoms with Crippen molar-refractivity contribution in [1.29, 1.82) is 0 Å². The van der Waals surface area contributed by atoms with E-state index in [1.165, 1.54) is 6.33 Å². The quantitative estimate of drug-likeness (QED) is 0.762. The van der Waals surface area contributed by atoms with Crippen LogP contribution >= 0.6 is 0 Å². The predicted octanol–water partition coefficient (Wildman–Crippen LogP) is 0.719. The second kappa shape index (κ2) is 8.80. The topological polar surface area (TPSA) is 99.1 Å². The number of carboxylic acids is 1. The van der Waals surface area contributed by atoms with Gasteiger partial charge < -0.3 is 19.6 Å². The molecule has 2 fully saturated rings. The maximum Gasteiger partial charge on any atom is 0.490 e. The van der Waals surface area contributed by atoms with Crippen LogP contribution in [0.3, 0.4) is 0 Å². The van der Waals surface area contributed by atoms with Crippen molar-refractivity contribution in [2.75, 3.05) is 58.8 Å². The highest BCUT2D eigenvalue weighted by atomic mass is 19.4. The van der Waals surface area contributed by atoms with Gasteiger partial charge in [-0.3, -0.25) is 9.69 Å². The standard InChI is InChI=1S/C15H23N5O2.C2HF3O2/c1-18(2)14(21)7-19-5-4-15(8-19)9-20(10-15)12-6-13(22-3)17-11-16-12;3-2(4,5)1(6)7/h6,11H,4-5,7-10H2,1-3H3;(H,6,7). The van der Waals surface area contributed by atoms with Crippen molar-refractivity contribution in [3.8, 4) is 5.88 Å². The summed E-state index contributed by atoms with van der Waals surface area (Å²) in [5.74, 6) is -1.07. The Morgan fingerprint density at radius 2 is 1.90 bits per heavy atom. The van der Waals surface area contributed by atoms with E-state index in [1.54, 1.807) is 12.0 Å². The summed E-state index contributed by atoms with van der Waals surface area (Å²) in [5, 5.41) is 7.12. The molecule has 12 heteroatoms. The zero-order valence-corrected chi connectivity index (χ0v) is 16.4. The molecule has 162 valence electrons. The molecule has 29 heavy (non-hydrogen) atoms. The van der Waals surface area contributed by atoms with E-state index in [-0.39, 0.29) is 5.91 Å². The Balaban J connectivity index is 0.000000370. The van der Waals surface area contributed by atoms with Gasteiger partial charge in [0.05, 0.1) is 13.7 Å². The van der Waals surface area contributed by atoms with Gasteiger partial charge in [-0.1, -0.05) is 0 Å². The Labute approximate surface area is 166 Å². The van der Waals surface area contributed by atoms with E-state index >= 15 is 0 Å². The first-order valence-corrected chi connectivity index (χ1v) is 8.79. The van der Waals surface area contributed by atoms with E-state index in [1.807, 2.05) is 20.2 Å². The molecular weight excluding hydrogens is 395 g/mol. The van der Waals surface area contributed by atoms with Gasteiger partial charge in [0.15, 0.2) is 0 Å². The van der Waals surface area contributed by atoms with Gasteiger partial charge in [-0.05, 0) is 13.0 Å². The Bertz CT molecular complexity index is 738. The Morgan fingerprint density at radius 3 is 2.41 bits per heavy atom. The predicted molar refractivity (Wildman–Crippen MR) is 96.7 cm³/mol. The molecule has 1 spiro atoms. The molecule has 2 aliphatic rings. The molecule has 0 aromatic carbocycles. The summed E-state index contributed by atoms with van der Waals surface area (Å²) in [6, 6.07) is 1.87. The van der Waals surface area contributed by atoms with Crippen LogP contribution in [0.4, 0.5) is 19.0 Å². The number of rotatable bonds is 4. The fourth-order valence-corrected chi connectivity index (χ4v) is 3.29. The summed E-state index contributed by atoms with van der Waals surface area (Å²) in [4.78, 5) is 35.2. The van der Waals surface area contributed by atoms with Crippen molar-refractivity contribution >= 4 is 17.7 Å². The number of aliphatic carboxylic acids is 1. The number of alkyl halides is 3. The molecule has 0 radical (unpaired) electrons. The lowest BCUT2D eigenvalue weighted by molar-refractivity contribution is -0.192. The normalized spacial score (nSPS) is 17.9. The number of anilines is 1. The molecule has 2 saturated heterocycles. The van der Waals surface area contributed by atoms with Gasteiger partial charge in [-0.25, -0.2) is 14.8 Å². The van der Waals surface area contributed by atoms with Crippen molar-refractivity contribution in [2.24, 2.45) is 5.41 Å². The van der Waals surface area contributed by atoms with Crippen LogP contribution in [0.25, 0.3) is 0 Å². The molecule has 1 aromatic heterocycles. The number of likely N-dealkylation sites (tertiary alicyclic amines) is 1. The van der Waals surface area contributed by atoms with Crippen molar-refractivity contribution in [3.05, 3.63) is 12.4 Å². The number of aromatic nitrogens is 2. The first-order valence-electron chi connectivity index (χ1n) is 8.79. The lowest BCUT2D eigenvalue weighted by Gasteiger charge is -2.48. The number of methoxy groups -OCH3 is 1. The molecular formula is C17H24F3N5O4. The van der Waals surface area contributed by atoms with Crippen LogP contribution in [0.5, 0.6) is 5.88 Å². The van der Waals surface area contributed by atoms with Crippen molar-refractivity contribution in [1.82, 2.24) is 19.8 Å². The largest absolute Gasteiger partial charge is 0.490 e. The Morgan fingerprint density at radius 1 is 1.28 bits per heavy atom. The molecule has 0 unspecified atom stereocenters. The maximum atomic E-state index is 11.8.